The standard InChI is InChI=1S/C44H26O/c1-2-8-27(9-3-1)34-20-18-28-16-17-31-25-33(26-32-19-21-39(34)43(28)42(31)32)29-10-6-11-30(24-29)35-22-23-41-44-37(35)13-7-14-38(44)36-12-4-5-15-40(36)45-41/h1-26H. The second-order valence-electron chi connectivity index (χ2n) is 12.1. The zero-order valence-electron chi connectivity index (χ0n) is 24.4. The third-order valence-corrected chi connectivity index (χ3v) is 9.59. The molecule has 0 saturated heterocycles. The van der Waals surface area contributed by atoms with Crippen LogP contribution in [-0.2, 0) is 0 Å². The number of rotatable bonds is 3. The van der Waals surface area contributed by atoms with Crippen molar-refractivity contribution in [1.29, 1.82) is 0 Å². The van der Waals surface area contributed by atoms with Crippen molar-refractivity contribution in [3.63, 3.8) is 0 Å². The fourth-order valence-corrected chi connectivity index (χ4v) is 7.55. The van der Waals surface area contributed by atoms with Crippen molar-refractivity contribution in [2.24, 2.45) is 0 Å². The number of hydrogen-bond acceptors (Lipinski definition) is 1. The Labute approximate surface area is 260 Å². The summed E-state index contributed by atoms with van der Waals surface area (Å²) >= 11 is 0. The molecule has 0 unspecified atom stereocenters. The molecule has 1 aliphatic rings. The van der Waals surface area contributed by atoms with E-state index in [0.29, 0.717) is 0 Å². The van der Waals surface area contributed by atoms with Gasteiger partial charge in [-0.1, -0.05) is 127 Å². The van der Waals surface area contributed by atoms with Gasteiger partial charge in [0, 0.05) is 10.9 Å². The smallest absolute Gasteiger partial charge is 0.135 e. The number of ether oxygens (including phenoxy) is 1. The lowest BCUT2D eigenvalue weighted by atomic mass is 9.87. The van der Waals surface area contributed by atoms with Crippen LogP contribution in [0.25, 0.3) is 87.6 Å². The first-order chi connectivity index (χ1) is 22.3. The second-order valence-corrected chi connectivity index (χ2v) is 12.1. The van der Waals surface area contributed by atoms with E-state index in [1.54, 1.807) is 0 Å². The molecule has 0 aromatic heterocycles. The molecule has 0 aliphatic carbocycles. The summed E-state index contributed by atoms with van der Waals surface area (Å²) < 4.78 is 6.36. The van der Waals surface area contributed by atoms with Crippen LogP contribution in [-0.4, -0.2) is 0 Å². The molecule has 1 aliphatic heterocycles. The molecule has 9 aromatic rings. The minimum absolute atomic E-state index is 0.915. The van der Waals surface area contributed by atoms with Crippen LogP contribution in [0.2, 0.25) is 0 Å². The van der Waals surface area contributed by atoms with Gasteiger partial charge in [-0.3, -0.25) is 0 Å². The third-order valence-electron chi connectivity index (χ3n) is 9.59. The van der Waals surface area contributed by atoms with Crippen molar-refractivity contribution in [3.05, 3.63) is 158 Å². The van der Waals surface area contributed by atoms with Crippen LogP contribution in [0, 0.1) is 0 Å². The predicted molar refractivity (Wildman–Crippen MR) is 189 cm³/mol. The van der Waals surface area contributed by atoms with Crippen LogP contribution in [0.1, 0.15) is 0 Å². The average molecular weight is 571 g/mol. The van der Waals surface area contributed by atoms with E-state index in [2.05, 4.69) is 146 Å². The van der Waals surface area contributed by atoms with Crippen LogP contribution >= 0.6 is 0 Å². The Morgan fingerprint density at radius 3 is 1.84 bits per heavy atom. The van der Waals surface area contributed by atoms with Crippen LogP contribution in [0.4, 0.5) is 0 Å². The number of fused-ring (bicyclic) bond motifs is 2. The maximum Gasteiger partial charge on any atom is 0.135 e. The van der Waals surface area contributed by atoms with Crippen molar-refractivity contribution in [3.8, 4) is 56.0 Å². The summed E-state index contributed by atoms with van der Waals surface area (Å²) in [6, 6.07) is 57.3. The average Bonchev–Trinajstić information content (AvgIpc) is 3.11. The number of benzene rings is 9. The van der Waals surface area contributed by atoms with E-state index in [9.17, 15) is 0 Å². The maximum absolute atomic E-state index is 6.36. The molecule has 0 fully saturated rings. The van der Waals surface area contributed by atoms with Gasteiger partial charge < -0.3 is 4.74 Å². The Hall–Kier alpha value is -5.92. The van der Waals surface area contributed by atoms with Gasteiger partial charge in [0.05, 0.1) is 0 Å². The van der Waals surface area contributed by atoms with Crippen molar-refractivity contribution in [2.75, 3.05) is 0 Å². The highest BCUT2D eigenvalue weighted by molar-refractivity contribution is 6.26. The molecule has 1 heterocycles. The van der Waals surface area contributed by atoms with E-state index in [1.165, 1.54) is 82.0 Å². The summed E-state index contributed by atoms with van der Waals surface area (Å²) in [5, 5.41) is 10.2. The molecule has 9 aromatic carbocycles. The van der Waals surface area contributed by atoms with Crippen molar-refractivity contribution in [2.45, 2.75) is 0 Å². The summed E-state index contributed by atoms with van der Waals surface area (Å²) in [6.45, 7) is 0. The van der Waals surface area contributed by atoms with Gasteiger partial charge in [-0.2, -0.15) is 0 Å². The molecule has 45 heavy (non-hydrogen) atoms. The Bertz CT molecular complexity index is 2590. The van der Waals surface area contributed by atoms with Gasteiger partial charge in [-0.25, -0.2) is 0 Å². The third kappa shape index (κ3) is 3.62. The summed E-state index contributed by atoms with van der Waals surface area (Å²) in [5.41, 5.74) is 9.76. The first-order valence-corrected chi connectivity index (χ1v) is 15.5. The Morgan fingerprint density at radius 1 is 0.289 bits per heavy atom. The van der Waals surface area contributed by atoms with E-state index in [4.69, 9.17) is 4.74 Å². The summed E-state index contributed by atoms with van der Waals surface area (Å²) in [7, 11) is 0. The predicted octanol–water partition coefficient (Wildman–Crippen LogP) is 12.5. The lowest BCUT2D eigenvalue weighted by molar-refractivity contribution is 0.487. The Kier molecular flexibility index (Phi) is 5.06. The largest absolute Gasteiger partial charge is 0.456 e. The first kappa shape index (κ1) is 24.5. The minimum Gasteiger partial charge on any atom is -0.456 e. The molecule has 0 saturated carbocycles. The quantitative estimate of drug-likeness (QED) is 0.192. The molecule has 0 amide bonds. The van der Waals surface area contributed by atoms with Crippen LogP contribution < -0.4 is 4.74 Å². The zero-order chi connectivity index (χ0) is 29.5. The molecule has 0 spiro atoms. The topological polar surface area (TPSA) is 9.23 Å². The molecule has 10 rings (SSSR count). The lowest BCUT2D eigenvalue weighted by Gasteiger charge is -2.22. The van der Waals surface area contributed by atoms with Crippen molar-refractivity contribution in [1.82, 2.24) is 0 Å². The molecule has 1 heteroatoms. The van der Waals surface area contributed by atoms with Crippen LogP contribution in [0.3, 0.4) is 0 Å². The molecular weight excluding hydrogens is 544 g/mol. The molecular formula is C44H26O. The number of hydrogen-bond donors (Lipinski definition) is 0. The molecule has 1 nitrogen and oxygen atoms in total. The molecule has 0 radical (unpaired) electrons. The SMILES string of the molecule is c1ccc(-c2ccc3ccc4cc(-c5cccc(-c6ccc7c8c(cccc68)-c6ccccc6O7)c5)cc5ccc2c3c45)cc1. The van der Waals surface area contributed by atoms with E-state index in [-0.39, 0.29) is 0 Å². The minimum atomic E-state index is 0.915. The summed E-state index contributed by atoms with van der Waals surface area (Å²) in [5.74, 6) is 1.83. The van der Waals surface area contributed by atoms with Gasteiger partial charge in [0.1, 0.15) is 11.5 Å². The van der Waals surface area contributed by atoms with Gasteiger partial charge in [0.25, 0.3) is 0 Å². The molecule has 0 bridgehead atoms. The second kappa shape index (κ2) is 9.29. The van der Waals surface area contributed by atoms with Gasteiger partial charge >= 0.3 is 0 Å². The van der Waals surface area contributed by atoms with E-state index >= 15 is 0 Å². The maximum atomic E-state index is 6.36. The highest BCUT2D eigenvalue weighted by Gasteiger charge is 2.21. The van der Waals surface area contributed by atoms with E-state index in [0.717, 1.165) is 17.1 Å². The fraction of sp³-hybridized carbons (Fsp3) is 0. The number of para-hydroxylation sites is 1. The van der Waals surface area contributed by atoms with Crippen molar-refractivity contribution >= 4 is 43.1 Å². The van der Waals surface area contributed by atoms with Gasteiger partial charge in [-0.05, 0) is 107 Å². The summed E-state index contributed by atoms with van der Waals surface area (Å²) in [6.07, 6.45) is 0. The van der Waals surface area contributed by atoms with Gasteiger partial charge in [0.15, 0.2) is 0 Å². The fourth-order valence-electron chi connectivity index (χ4n) is 7.55. The van der Waals surface area contributed by atoms with E-state index < -0.39 is 0 Å². The van der Waals surface area contributed by atoms with Crippen LogP contribution in [0.5, 0.6) is 11.5 Å². The monoisotopic (exact) mass is 570 g/mol. The van der Waals surface area contributed by atoms with Crippen molar-refractivity contribution < 1.29 is 4.74 Å². The normalized spacial score (nSPS) is 12.2. The Balaban J connectivity index is 1.13. The van der Waals surface area contributed by atoms with Gasteiger partial charge in [0.2, 0.25) is 0 Å². The Morgan fingerprint density at radius 2 is 0.933 bits per heavy atom. The summed E-state index contributed by atoms with van der Waals surface area (Å²) in [4.78, 5) is 0. The highest BCUT2D eigenvalue weighted by Crippen LogP contribution is 2.49. The van der Waals surface area contributed by atoms with Crippen LogP contribution in [0.15, 0.2) is 158 Å². The lowest BCUT2D eigenvalue weighted by Crippen LogP contribution is -1.97. The van der Waals surface area contributed by atoms with Gasteiger partial charge in [-0.15, -0.1) is 0 Å². The molecule has 0 atom stereocenters. The first-order valence-electron chi connectivity index (χ1n) is 15.5. The zero-order valence-corrected chi connectivity index (χ0v) is 24.4. The highest BCUT2D eigenvalue weighted by atomic mass is 16.5. The molecule has 0 N–H and O–H groups in total. The molecule has 208 valence electrons. The van der Waals surface area contributed by atoms with E-state index in [1.807, 2.05) is 12.1 Å².